The molecule has 2 aromatic carbocycles. The van der Waals surface area contributed by atoms with Gasteiger partial charge in [-0.15, -0.1) is 0 Å². The Labute approximate surface area is 147 Å². The Bertz CT molecular complexity index is 1020. The third-order valence-corrected chi connectivity index (χ3v) is 5.48. The van der Waals surface area contributed by atoms with E-state index >= 15 is 0 Å². The third kappa shape index (κ3) is 3.10. The standard InChI is InChI=1S/C13H9Cl3N4O2S/c1-20-17-10-5-4-9(12(16)13(10)18-20)19-23(21,22)11-6-7(14)2-3-8(11)15/h2-6,19H,1H3. The van der Waals surface area contributed by atoms with Crippen LogP contribution in [-0.2, 0) is 17.1 Å². The SMILES string of the molecule is Cn1nc2ccc(NS(=O)(=O)c3cc(Cl)ccc3Cl)c(Cl)c2n1. The number of rotatable bonds is 3. The minimum atomic E-state index is -3.96. The summed E-state index contributed by atoms with van der Waals surface area (Å²) >= 11 is 18.0. The summed E-state index contributed by atoms with van der Waals surface area (Å²) in [4.78, 5) is 1.21. The van der Waals surface area contributed by atoms with Gasteiger partial charge in [-0.05, 0) is 30.3 Å². The molecule has 0 aliphatic carbocycles. The molecule has 6 nitrogen and oxygen atoms in total. The fourth-order valence-electron chi connectivity index (χ4n) is 2.01. The van der Waals surface area contributed by atoms with E-state index in [-0.39, 0.29) is 25.7 Å². The van der Waals surface area contributed by atoms with E-state index in [2.05, 4.69) is 14.9 Å². The Balaban J connectivity index is 2.07. The number of sulfonamides is 1. The van der Waals surface area contributed by atoms with E-state index in [4.69, 9.17) is 34.8 Å². The number of hydrogen-bond donors (Lipinski definition) is 1. The first-order valence-electron chi connectivity index (χ1n) is 6.25. The molecule has 0 aliphatic rings. The van der Waals surface area contributed by atoms with Crippen molar-refractivity contribution in [3.63, 3.8) is 0 Å². The first kappa shape index (κ1) is 16.3. The van der Waals surface area contributed by atoms with Gasteiger partial charge in [0.25, 0.3) is 10.0 Å². The van der Waals surface area contributed by atoms with Crippen molar-refractivity contribution in [2.75, 3.05) is 4.72 Å². The number of aryl methyl sites for hydroxylation is 1. The second-order valence-electron chi connectivity index (χ2n) is 4.66. The first-order valence-corrected chi connectivity index (χ1v) is 8.87. The topological polar surface area (TPSA) is 76.9 Å². The summed E-state index contributed by atoms with van der Waals surface area (Å²) in [7, 11) is -2.31. The molecule has 0 amide bonds. The average molecular weight is 392 g/mol. The van der Waals surface area contributed by atoms with Crippen LogP contribution in [0, 0.1) is 0 Å². The van der Waals surface area contributed by atoms with E-state index in [0.29, 0.717) is 11.0 Å². The van der Waals surface area contributed by atoms with Crippen molar-refractivity contribution in [2.45, 2.75) is 4.90 Å². The van der Waals surface area contributed by atoms with Gasteiger partial charge in [0.05, 0.1) is 15.7 Å². The number of nitrogens with zero attached hydrogens (tertiary/aromatic N) is 3. The molecular weight excluding hydrogens is 383 g/mol. The summed E-state index contributed by atoms with van der Waals surface area (Å²) in [5.74, 6) is 0. The maximum Gasteiger partial charge on any atom is 0.263 e. The molecule has 1 heterocycles. The van der Waals surface area contributed by atoms with Crippen LogP contribution in [0.5, 0.6) is 0 Å². The van der Waals surface area contributed by atoms with Gasteiger partial charge in [0.1, 0.15) is 15.9 Å². The monoisotopic (exact) mass is 390 g/mol. The first-order chi connectivity index (χ1) is 10.8. The summed E-state index contributed by atoms with van der Waals surface area (Å²) < 4.78 is 27.4. The van der Waals surface area contributed by atoms with Gasteiger partial charge in [-0.2, -0.15) is 15.0 Å². The van der Waals surface area contributed by atoms with E-state index in [1.165, 1.54) is 29.1 Å². The van der Waals surface area contributed by atoms with Crippen LogP contribution in [0.1, 0.15) is 0 Å². The lowest BCUT2D eigenvalue weighted by molar-refractivity contribution is 0.601. The van der Waals surface area contributed by atoms with E-state index in [1.54, 1.807) is 13.1 Å². The van der Waals surface area contributed by atoms with Crippen molar-refractivity contribution < 1.29 is 8.42 Å². The van der Waals surface area contributed by atoms with Crippen LogP contribution in [0.15, 0.2) is 35.2 Å². The van der Waals surface area contributed by atoms with Crippen LogP contribution in [0.3, 0.4) is 0 Å². The van der Waals surface area contributed by atoms with Gasteiger partial charge >= 0.3 is 0 Å². The Kier molecular flexibility index (Phi) is 4.14. The van der Waals surface area contributed by atoms with Gasteiger partial charge in [-0.1, -0.05) is 34.8 Å². The molecular formula is C13H9Cl3N4O2S. The third-order valence-electron chi connectivity index (χ3n) is 3.02. The summed E-state index contributed by atoms with van der Waals surface area (Å²) in [5.41, 5.74) is 1.13. The summed E-state index contributed by atoms with van der Waals surface area (Å²) in [6.07, 6.45) is 0. The molecule has 0 saturated heterocycles. The zero-order valence-electron chi connectivity index (χ0n) is 11.6. The molecule has 1 N–H and O–H groups in total. The van der Waals surface area contributed by atoms with Gasteiger partial charge in [0.15, 0.2) is 0 Å². The molecule has 120 valence electrons. The van der Waals surface area contributed by atoms with Crippen LogP contribution in [0.25, 0.3) is 11.0 Å². The van der Waals surface area contributed by atoms with Crippen molar-refractivity contribution in [3.05, 3.63) is 45.4 Å². The molecule has 23 heavy (non-hydrogen) atoms. The molecule has 0 bridgehead atoms. The van der Waals surface area contributed by atoms with Crippen molar-refractivity contribution in [1.82, 2.24) is 15.0 Å². The number of benzene rings is 2. The molecule has 1 aromatic heterocycles. The van der Waals surface area contributed by atoms with Crippen LogP contribution >= 0.6 is 34.8 Å². The normalized spacial score (nSPS) is 11.8. The average Bonchev–Trinajstić information content (AvgIpc) is 2.86. The number of fused-ring (bicyclic) bond motifs is 1. The summed E-state index contributed by atoms with van der Waals surface area (Å²) in [6.45, 7) is 0. The maximum atomic E-state index is 12.5. The van der Waals surface area contributed by atoms with Crippen molar-refractivity contribution >= 4 is 61.5 Å². The molecule has 0 unspecified atom stereocenters. The quantitative estimate of drug-likeness (QED) is 0.738. The smallest absolute Gasteiger partial charge is 0.263 e. The second-order valence-corrected chi connectivity index (χ2v) is 7.54. The molecule has 0 saturated carbocycles. The highest BCUT2D eigenvalue weighted by Crippen LogP contribution is 2.32. The fourth-order valence-corrected chi connectivity index (χ4v) is 4.15. The predicted octanol–water partition coefficient (Wildman–Crippen LogP) is 3.73. The number of aromatic nitrogens is 3. The molecule has 3 aromatic rings. The summed E-state index contributed by atoms with van der Waals surface area (Å²) in [6, 6.07) is 7.30. The fraction of sp³-hybridized carbons (Fsp3) is 0.0769. The predicted molar refractivity (Wildman–Crippen MR) is 90.8 cm³/mol. The molecule has 10 heteroatoms. The Hall–Kier alpha value is -1.54. The van der Waals surface area contributed by atoms with Crippen LogP contribution in [0.2, 0.25) is 15.1 Å². The molecule has 0 radical (unpaired) electrons. The van der Waals surface area contributed by atoms with E-state index in [1.807, 2.05) is 0 Å². The molecule has 0 spiro atoms. The summed E-state index contributed by atoms with van der Waals surface area (Å²) in [5, 5.41) is 8.66. The van der Waals surface area contributed by atoms with Crippen LogP contribution in [-0.4, -0.2) is 23.4 Å². The van der Waals surface area contributed by atoms with Crippen LogP contribution in [0.4, 0.5) is 5.69 Å². The molecule has 3 rings (SSSR count). The number of hydrogen-bond acceptors (Lipinski definition) is 4. The maximum absolute atomic E-state index is 12.5. The highest BCUT2D eigenvalue weighted by atomic mass is 35.5. The zero-order chi connectivity index (χ0) is 16.8. The highest BCUT2D eigenvalue weighted by molar-refractivity contribution is 7.92. The van der Waals surface area contributed by atoms with Crippen LogP contribution < -0.4 is 4.72 Å². The van der Waals surface area contributed by atoms with Gasteiger partial charge in [0, 0.05) is 12.1 Å². The molecule has 0 atom stereocenters. The van der Waals surface area contributed by atoms with E-state index in [9.17, 15) is 8.42 Å². The van der Waals surface area contributed by atoms with Crippen molar-refractivity contribution in [3.8, 4) is 0 Å². The van der Waals surface area contributed by atoms with E-state index < -0.39 is 10.0 Å². The van der Waals surface area contributed by atoms with Crippen molar-refractivity contribution in [1.29, 1.82) is 0 Å². The number of halogens is 3. The van der Waals surface area contributed by atoms with Crippen molar-refractivity contribution in [2.24, 2.45) is 7.05 Å². The van der Waals surface area contributed by atoms with Gasteiger partial charge < -0.3 is 0 Å². The van der Waals surface area contributed by atoms with Gasteiger partial charge in [-0.25, -0.2) is 8.42 Å². The second kappa shape index (κ2) is 5.83. The lowest BCUT2D eigenvalue weighted by Crippen LogP contribution is -2.14. The lowest BCUT2D eigenvalue weighted by atomic mass is 10.3. The molecule has 0 fully saturated rings. The Morgan fingerprint density at radius 2 is 1.83 bits per heavy atom. The van der Waals surface area contributed by atoms with E-state index in [0.717, 1.165) is 0 Å². The number of anilines is 1. The number of nitrogens with one attached hydrogen (secondary N) is 1. The largest absolute Gasteiger partial charge is 0.278 e. The van der Waals surface area contributed by atoms with Gasteiger partial charge in [0.2, 0.25) is 0 Å². The Morgan fingerprint density at radius 1 is 1.09 bits per heavy atom. The molecule has 0 aliphatic heterocycles. The zero-order valence-corrected chi connectivity index (χ0v) is 14.7. The minimum absolute atomic E-state index is 0.0543. The lowest BCUT2D eigenvalue weighted by Gasteiger charge is -2.11. The minimum Gasteiger partial charge on any atom is -0.278 e. The van der Waals surface area contributed by atoms with Gasteiger partial charge in [-0.3, -0.25) is 4.72 Å². The Morgan fingerprint density at radius 3 is 2.57 bits per heavy atom. The highest BCUT2D eigenvalue weighted by Gasteiger charge is 2.21.